The van der Waals surface area contributed by atoms with Crippen LogP contribution in [-0.2, 0) is 0 Å². The molecule has 0 spiro atoms. The lowest BCUT2D eigenvalue weighted by molar-refractivity contribution is 0.0940. The van der Waals surface area contributed by atoms with E-state index in [0.717, 1.165) is 11.6 Å². The fraction of sp³-hybridized carbons (Fsp3) is 0.143. The molecule has 2 rings (SSSR count). The van der Waals surface area contributed by atoms with Gasteiger partial charge in [-0.15, -0.1) is 0 Å². The highest BCUT2D eigenvalue weighted by Gasteiger charge is 2.14. The van der Waals surface area contributed by atoms with Crippen molar-refractivity contribution in [3.8, 4) is 0 Å². The van der Waals surface area contributed by atoms with E-state index in [9.17, 15) is 9.18 Å². The number of halogens is 1. The average Bonchev–Trinajstić information content (AvgIpc) is 2.42. The first kappa shape index (κ1) is 13.0. The van der Waals surface area contributed by atoms with E-state index in [1.54, 1.807) is 18.5 Å². The lowest BCUT2D eigenvalue weighted by Crippen LogP contribution is -2.27. The summed E-state index contributed by atoms with van der Waals surface area (Å²) in [6.07, 6.45) is 3.32. The van der Waals surface area contributed by atoms with E-state index in [1.165, 1.54) is 12.1 Å². The zero-order chi connectivity index (χ0) is 13.8. The number of carbonyl (C=O) groups is 1. The normalized spacial score (nSPS) is 11.9. The van der Waals surface area contributed by atoms with Crippen molar-refractivity contribution in [2.24, 2.45) is 0 Å². The van der Waals surface area contributed by atoms with E-state index in [1.807, 2.05) is 13.0 Å². The van der Waals surface area contributed by atoms with Crippen LogP contribution >= 0.6 is 0 Å². The fourth-order valence-corrected chi connectivity index (χ4v) is 1.71. The Morgan fingerprint density at radius 2 is 2.21 bits per heavy atom. The molecular formula is C14H14FN3O. The molecule has 2 aromatic rings. The van der Waals surface area contributed by atoms with Crippen LogP contribution in [0.3, 0.4) is 0 Å². The van der Waals surface area contributed by atoms with Gasteiger partial charge in [0.05, 0.1) is 11.6 Å². The number of nitrogens with two attached hydrogens (primary N) is 1. The predicted molar refractivity (Wildman–Crippen MR) is 70.9 cm³/mol. The van der Waals surface area contributed by atoms with Crippen molar-refractivity contribution in [2.45, 2.75) is 13.0 Å². The van der Waals surface area contributed by atoms with Crippen LogP contribution in [0.15, 0.2) is 42.7 Å². The van der Waals surface area contributed by atoms with Crippen LogP contribution in [0.25, 0.3) is 0 Å². The summed E-state index contributed by atoms with van der Waals surface area (Å²) < 4.78 is 13.1. The Hall–Kier alpha value is -2.43. The van der Waals surface area contributed by atoms with E-state index in [-0.39, 0.29) is 17.3 Å². The molecule has 1 aromatic carbocycles. The van der Waals surface area contributed by atoms with Crippen LogP contribution in [0.5, 0.6) is 0 Å². The summed E-state index contributed by atoms with van der Waals surface area (Å²) >= 11 is 0. The van der Waals surface area contributed by atoms with Crippen molar-refractivity contribution in [1.29, 1.82) is 0 Å². The Morgan fingerprint density at radius 1 is 1.42 bits per heavy atom. The summed E-state index contributed by atoms with van der Waals surface area (Å²) in [4.78, 5) is 16.0. The third-order valence-electron chi connectivity index (χ3n) is 2.79. The molecule has 0 bridgehead atoms. The molecule has 98 valence electrons. The van der Waals surface area contributed by atoms with Gasteiger partial charge in [-0.05, 0) is 36.8 Å². The smallest absolute Gasteiger partial charge is 0.253 e. The second-order valence-electron chi connectivity index (χ2n) is 4.21. The minimum absolute atomic E-state index is 0.135. The molecule has 5 heteroatoms. The van der Waals surface area contributed by atoms with Gasteiger partial charge in [-0.2, -0.15) is 0 Å². The number of nitrogens with zero attached hydrogens (tertiary/aromatic N) is 1. The van der Waals surface area contributed by atoms with E-state index >= 15 is 0 Å². The van der Waals surface area contributed by atoms with Gasteiger partial charge in [-0.1, -0.05) is 6.07 Å². The molecule has 3 N–H and O–H groups in total. The number of anilines is 1. The average molecular weight is 259 g/mol. The van der Waals surface area contributed by atoms with Crippen LogP contribution in [-0.4, -0.2) is 10.9 Å². The molecule has 1 amide bonds. The largest absolute Gasteiger partial charge is 0.398 e. The lowest BCUT2D eigenvalue weighted by atomic mass is 10.1. The molecule has 4 nitrogen and oxygen atoms in total. The first-order chi connectivity index (χ1) is 9.08. The molecule has 0 fully saturated rings. The number of aromatic nitrogens is 1. The second kappa shape index (κ2) is 5.48. The molecular weight excluding hydrogens is 245 g/mol. The van der Waals surface area contributed by atoms with Gasteiger partial charge in [0.2, 0.25) is 0 Å². The fourth-order valence-electron chi connectivity index (χ4n) is 1.71. The first-order valence-electron chi connectivity index (χ1n) is 5.83. The monoisotopic (exact) mass is 259 g/mol. The van der Waals surface area contributed by atoms with Crippen LogP contribution in [0.1, 0.15) is 28.9 Å². The third kappa shape index (κ3) is 3.07. The minimum Gasteiger partial charge on any atom is -0.398 e. The molecule has 0 aliphatic carbocycles. The summed E-state index contributed by atoms with van der Waals surface area (Å²) in [6.45, 7) is 1.82. The maximum absolute atomic E-state index is 13.1. The van der Waals surface area contributed by atoms with Gasteiger partial charge >= 0.3 is 0 Å². The summed E-state index contributed by atoms with van der Waals surface area (Å²) in [5, 5.41) is 2.75. The third-order valence-corrected chi connectivity index (χ3v) is 2.79. The van der Waals surface area contributed by atoms with Crippen LogP contribution in [0.2, 0.25) is 0 Å². The number of hydrogen-bond acceptors (Lipinski definition) is 3. The number of pyridine rings is 1. The maximum atomic E-state index is 13.1. The number of benzene rings is 1. The minimum atomic E-state index is -0.492. The zero-order valence-corrected chi connectivity index (χ0v) is 10.4. The highest BCUT2D eigenvalue weighted by molar-refractivity contribution is 5.99. The number of hydrogen-bond donors (Lipinski definition) is 2. The van der Waals surface area contributed by atoms with Crippen molar-refractivity contribution in [3.05, 3.63) is 59.7 Å². The van der Waals surface area contributed by atoms with E-state index < -0.39 is 11.7 Å². The Labute approximate surface area is 110 Å². The quantitative estimate of drug-likeness (QED) is 0.831. The van der Waals surface area contributed by atoms with Crippen molar-refractivity contribution < 1.29 is 9.18 Å². The first-order valence-corrected chi connectivity index (χ1v) is 5.83. The highest BCUT2D eigenvalue weighted by Crippen LogP contribution is 2.16. The summed E-state index contributed by atoms with van der Waals surface area (Å²) in [5.41, 5.74) is 6.91. The van der Waals surface area contributed by atoms with E-state index in [0.29, 0.717) is 0 Å². The van der Waals surface area contributed by atoms with Gasteiger partial charge in [0.15, 0.2) is 0 Å². The van der Waals surface area contributed by atoms with Crippen LogP contribution in [0.4, 0.5) is 10.1 Å². The number of amides is 1. The van der Waals surface area contributed by atoms with Gasteiger partial charge in [0.1, 0.15) is 5.82 Å². The lowest BCUT2D eigenvalue weighted by Gasteiger charge is -2.14. The van der Waals surface area contributed by atoms with Gasteiger partial charge in [-0.3, -0.25) is 9.78 Å². The molecule has 0 saturated carbocycles. The highest BCUT2D eigenvalue weighted by atomic mass is 19.1. The molecule has 0 unspecified atom stereocenters. The summed E-state index contributed by atoms with van der Waals surface area (Å²) in [5.74, 6) is -0.901. The van der Waals surface area contributed by atoms with E-state index in [2.05, 4.69) is 10.3 Å². The Bertz CT molecular complexity index is 586. The second-order valence-corrected chi connectivity index (χ2v) is 4.21. The summed E-state index contributed by atoms with van der Waals surface area (Å²) in [7, 11) is 0. The summed E-state index contributed by atoms with van der Waals surface area (Å²) in [6, 6.07) is 7.13. The van der Waals surface area contributed by atoms with Crippen molar-refractivity contribution in [1.82, 2.24) is 10.3 Å². The van der Waals surface area contributed by atoms with Crippen LogP contribution < -0.4 is 11.1 Å². The number of carbonyl (C=O) groups excluding carboxylic acids is 1. The molecule has 0 radical (unpaired) electrons. The van der Waals surface area contributed by atoms with Gasteiger partial charge in [0.25, 0.3) is 5.91 Å². The Balaban J connectivity index is 2.15. The van der Waals surface area contributed by atoms with Crippen molar-refractivity contribution >= 4 is 11.6 Å². The number of nitrogen functional groups attached to an aromatic ring is 1. The topological polar surface area (TPSA) is 68.0 Å². The number of rotatable bonds is 3. The van der Waals surface area contributed by atoms with Gasteiger partial charge in [0, 0.05) is 18.1 Å². The molecule has 1 heterocycles. The molecule has 19 heavy (non-hydrogen) atoms. The van der Waals surface area contributed by atoms with Crippen molar-refractivity contribution in [2.75, 3.05) is 5.73 Å². The Kier molecular flexibility index (Phi) is 3.75. The zero-order valence-electron chi connectivity index (χ0n) is 10.4. The van der Waals surface area contributed by atoms with Gasteiger partial charge in [-0.25, -0.2) is 4.39 Å². The predicted octanol–water partition coefficient (Wildman–Crippen LogP) is 2.29. The standard InChI is InChI=1S/C14H14FN3O/c1-9(10-3-2-6-17-8-10)18-14(19)12-7-11(15)4-5-13(12)16/h2-9H,16H2,1H3,(H,18,19)/t9-/m1/s1. The molecule has 1 atom stereocenters. The number of nitrogens with one attached hydrogen (secondary N) is 1. The van der Waals surface area contributed by atoms with Crippen molar-refractivity contribution in [3.63, 3.8) is 0 Å². The molecule has 0 aliphatic rings. The molecule has 0 aliphatic heterocycles. The van der Waals surface area contributed by atoms with E-state index in [4.69, 9.17) is 5.73 Å². The molecule has 0 saturated heterocycles. The SMILES string of the molecule is C[C@@H](NC(=O)c1cc(F)ccc1N)c1cccnc1. The molecule has 1 aromatic heterocycles. The Morgan fingerprint density at radius 3 is 2.89 bits per heavy atom. The van der Waals surface area contributed by atoms with Gasteiger partial charge < -0.3 is 11.1 Å². The maximum Gasteiger partial charge on any atom is 0.253 e. The van der Waals surface area contributed by atoms with Crippen LogP contribution in [0, 0.1) is 5.82 Å².